The minimum absolute atomic E-state index is 0.00148. The second kappa shape index (κ2) is 6.72. The summed E-state index contributed by atoms with van der Waals surface area (Å²) in [5.41, 5.74) is 2.00. The molecule has 0 aromatic heterocycles. The van der Waals surface area contributed by atoms with Crippen molar-refractivity contribution in [3.63, 3.8) is 0 Å². The van der Waals surface area contributed by atoms with Crippen molar-refractivity contribution >= 4 is 17.5 Å². The summed E-state index contributed by atoms with van der Waals surface area (Å²) >= 11 is 0. The van der Waals surface area contributed by atoms with E-state index >= 15 is 0 Å². The first kappa shape index (κ1) is 15.5. The van der Waals surface area contributed by atoms with Crippen LogP contribution >= 0.6 is 0 Å². The molecule has 0 saturated carbocycles. The van der Waals surface area contributed by atoms with Gasteiger partial charge in [-0.3, -0.25) is 9.59 Å². The monoisotopic (exact) mass is 290 g/mol. The van der Waals surface area contributed by atoms with Crippen molar-refractivity contribution in [2.24, 2.45) is 5.92 Å². The smallest absolute Gasteiger partial charge is 0.227 e. The van der Waals surface area contributed by atoms with Gasteiger partial charge in [0.15, 0.2) is 0 Å². The van der Waals surface area contributed by atoms with E-state index < -0.39 is 0 Å². The summed E-state index contributed by atoms with van der Waals surface area (Å²) in [4.78, 5) is 26.0. The molecule has 2 atom stereocenters. The summed E-state index contributed by atoms with van der Waals surface area (Å²) < 4.78 is 5.00. The number of ether oxygens (including phenoxy) is 1. The SMILES string of the molecule is COC[C@@H](C)NC(=O)[C@@H]1CC(=O)N(c2ccc(C)cc2)C1. The Kier molecular flexibility index (Phi) is 4.96. The fourth-order valence-corrected chi connectivity index (χ4v) is 2.51. The van der Waals surface area contributed by atoms with Crippen LogP contribution in [0.15, 0.2) is 24.3 Å². The van der Waals surface area contributed by atoms with Crippen molar-refractivity contribution in [2.45, 2.75) is 26.3 Å². The van der Waals surface area contributed by atoms with Crippen LogP contribution in [0.25, 0.3) is 0 Å². The number of rotatable bonds is 5. The molecular formula is C16H22N2O3. The molecule has 0 bridgehead atoms. The molecule has 114 valence electrons. The first-order valence-electron chi connectivity index (χ1n) is 7.17. The summed E-state index contributed by atoms with van der Waals surface area (Å²) in [6.45, 7) is 4.79. The Hall–Kier alpha value is -1.88. The number of amides is 2. The maximum absolute atomic E-state index is 12.2. The highest BCUT2D eigenvalue weighted by molar-refractivity contribution is 6.00. The third-order valence-corrected chi connectivity index (χ3v) is 3.65. The van der Waals surface area contributed by atoms with Crippen LogP contribution in [0.2, 0.25) is 0 Å². The summed E-state index contributed by atoms with van der Waals surface area (Å²) in [5, 5.41) is 2.88. The first-order chi connectivity index (χ1) is 10.0. The van der Waals surface area contributed by atoms with Gasteiger partial charge >= 0.3 is 0 Å². The van der Waals surface area contributed by atoms with Crippen LogP contribution in [-0.4, -0.2) is 38.1 Å². The maximum Gasteiger partial charge on any atom is 0.227 e. The minimum Gasteiger partial charge on any atom is -0.383 e. The zero-order chi connectivity index (χ0) is 15.4. The number of carbonyl (C=O) groups is 2. The summed E-state index contributed by atoms with van der Waals surface area (Å²) in [7, 11) is 1.60. The second-order valence-electron chi connectivity index (χ2n) is 5.61. The number of hydrogen-bond acceptors (Lipinski definition) is 3. The Balaban J connectivity index is 1.99. The molecule has 0 spiro atoms. The van der Waals surface area contributed by atoms with Crippen molar-refractivity contribution < 1.29 is 14.3 Å². The molecule has 1 fully saturated rings. The van der Waals surface area contributed by atoms with Gasteiger partial charge in [-0.25, -0.2) is 0 Å². The lowest BCUT2D eigenvalue weighted by Crippen LogP contribution is -2.40. The standard InChI is InChI=1S/C16H22N2O3/c1-11-4-6-14(7-5-11)18-9-13(8-15(18)19)16(20)17-12(2)10-21-3/h4-7,12-13H,8-10H2,1-3H3,(H,17,20)/t12-,13-/m1/s1. The predicted molar refractivity (Wildman–Crippen MR) is 81.1 cm³/mol. The highest BCUT2D eigenvalue weighted by Crippen LogP contribution is 2.25. The average molecular weight is 290 g/mol. The van der Waals surface area contributed by atoms with Gasteiger partial charge in [-0.15, -0.1) is 0 Å². The van der Waals surface area contributed by atoms with E-state index in [1.54, 1.807) is 12.0 Å². The van der Waals surface area contributed by atoms with Gasteiger partial charge < -0.3 is 15.0 Å². The summed E-state index contributed by atoms with van der Waals surface area (Å²) in [6.07, 6.45) is 0.263. The van der Waals surface area contributed by atoms with Gasteiger partial charge in [-0.2, -0.15) is 0 Å². The van der Waals surface area contributed by atoms with E-state index in [0.717, 1.165) is 11.3 Å². The van der Waals surface area contributed by atoms with E-state index in [4.69, 9.17) is 4.74 Å². The van der Waals surface area contributed by atoms with Gasteiger partial charge in [0.1, 0.15) is 0 Å². The van der Waals surface area contributed by atoms with Crippen LogP contribution in [0.1, 0.15) is 18.9 Å². The molecule has 1 aliphatic heterocycles. The highest BCUT2D eigenvalue weighted by Gasteiger charge is 2.35. The average Bonchev–Trinajstić information content (AvgIpc) is 2.82. The van der Waals surface area contributed by atoms with Crippen molar-refractivity contribution in [3.05, 3.63) is 29.8 Å². The molecule has 1 aromatic rings. The van der Waals surface area contributed by atoms with E-state index in [1.165, 1.54) is 0 Å². The number of anilines is 1. The van der Waals surface area contributed by atoms with Crippen LogP contribution in [-0.2, 0) is 14.3 Å². The first-order valence-corrected chi connectivity index (χ1v) is 7.17. The second-order valence-corrected chi connectivity index (χ2v) is 5.61. The maximum atomic E-state index is 12.2. The van der Waals surface area contributed by atoms with Crippen molar-refractivity contribution in [1.29, 1.82) is 0 Å². The molecule has 1 aromatic carbocycles. The zero-order valence-corrected chi connectivity index (χ0v) is 12.8. The van der Waals surface area contributed by atoms with E-state index in [-0.39, 0.29) is 30.2 Å². The van der Waals surface area contributed by atoms with Gasteiger partial charge in [0.05, 0.1) is 12.5 Å². The molecule has 1 aliphatic rings. The normalized spacial score (nSPS) is 19.7. The molecule has 0 radical (unpaired) electrons. The number of nitrogens with one attached hydrogen (secondary N) is 1. The molecule has 5 nitrogen and oxygen atoms in total. The van der Waals surface area contributed by atoms with Gasteiger partial charge in [0, 0.05) is 31.8 Å². The van der Waals surface area contributed by atoms with E-state index in [2.05, 4.69) is 5.32 Å². The van der Waals surface area contributed by atoms with Gasteiger partial charge in [0.25, 0.3) is 0 Å². The van der Waals surface area contributed by atoms with Crippen LogP contribution in [0.5, 0.6) is 0 Å². The van der Waals surface area contributed by atoms with Crippen molar-refractivity contribution in [3.8, 4) is 0 Å². The highest BCUT2D eigenvalue weighted by atomic mass is 16.5. The Labute approximate surface area is 125 Å². The molecule has 1 heterocycles. The third kappa shape index (κ3) is 3.82. The molecule has 0 aliphatic carbocycles. The lowest BCUT2D eigenvalue weighted by Gasteiger charge is -2.18. The van der Waals surface area contributed by atoms with Gasteiger partial charge in [-0.05, 0) is 26.0 Å². The largest absolute Gasteiger partial charge is 0.383 e. The Bertz CT molecular complexity index is 513. The van der Waals surface area contributed by atoms with Gasteiger partial charge in [0.2, 0.25) is 11.8 Å². The fraction of sp³-hybridized carbons (Fsp3) is 0.500. The molecule has 0 unspecified atom stereocenters. The molecule has 5 heteroatoms. The lowest BCUT2D eigenvalue weighted by molar-refractivity contribution is -0.127. The number of carbonyl (C=O) groups excluding carboxylic acids is 2. The van der Waals surface area contributed by atoms with Gasteiger partial charge in [-0.1, -0.05) is 17.7 Å². The predicted octanol–water partition coefficient (Wildman–Crippen LogP) is 1.50. The van der Waals surface area contributed by atoms with E-state index in [0.29, 0.717) is 13.2 Å². The van der Waals surface area contributed by atoms with Crippen LogP contribution in [0, 0.1) is 12.8 Å². The molecule has 1 N–H and O–H groups in total. The minimum atomic E-state index is -0.293. The quantitative estimate of drug-likeness (QED) is 0.894. The number of benzene rings is 1. The molecule has 21 heavy (non-hydrogen) atoms. The summed E-state index contributed by atoms with van der Waals surface area (Å²) in [5.74, 6) is -0.376. The Morgan fingerprint density at radius 1 is 1.43 bits per heavy atom. The van der Waals surface area contributed by atoms with E-state index in [1.807, 2.05) is 38.1 Å². The Morgan fingerprint density at radius 3 is 2.71 bits per heavy atom. The van der Waals surface area contributed by atoms with Crippen molar-refractivity contribution in [1.82, 2.24) is 5.32 Å². The third-order valence-electron chi connectivity index (χ3n) is 3.65. The van der Waals surface area contributed by atoms with Crippen molar-refractivity contribution in [2.75, 3.05) is 25.2 Å². The molecular weight excluding hydrogens is 268 g/mol. The summed E-state index contributed by atoms with van der Waals surface area (Å²) in [6, 6.07) is 7.72. The number of methoxy groups -OCH3 is 1. The topological polar surface area (TPSA) is 58.6 Å². The Morgan fingerprint density at radius 2 is 2.10 bits per heavy atom. The molecule has 1 saturated heterocycles. The molecule has 2 rings (SSSR count). The van der Waals surface area contributed by atoms with E-state index in [9.17, 15) is 9.59 Å². The number of hydrogen-bond donors (Lipinski definition) is 1. The zero-order valence-electron chi connectivity index (χ0n) is 12.8. The number of aryl methyl sites for hydroxylation is 1. The molecule has 2 amide bonds. The fourth-order valence-electron chi connectivity index (χ4n) is 2.51. The van der Waals surface area contributed by atoms with Crippen LogP contribution < -0.4 is 10.2 Å². The van der Waals surface area contributed by atoms with Crippen LogP contribution in [0.3, 0.4) is 0 Å². The lowest BCUT2D eigenvalue weighted by atomic mass is 10.1. The van der Waals surface area contributed by atoms with Crippen LogP contribution in [0.4, 0.5) is 5.69 Å². The number of nitrogens with zero attached hydrogens (tertiary/aromatic N) is 1.